The fourth-order valence-electron chi connectivity index (χ4n) is 3.78. The molecule has 0 aromatic heterocycles. The molecule has 1 aliphatic rings. The number of benzene rings is 1. The molecule has 6 nitrogen and oxygen atoms in total. The molecule has 0 radical (unpaired) electrons. The first-order chi connectivity index (χ1) is 15.4. The highest BCUT2D eigenvalue weighted by Crippen LogP contribution is 2.35. The SMILES string of the molecule is CCCCOc1cc(OCCCC)c(C(C)C)cc1C(=O)N1CCN(CCN(C)C)CC1. The van der Waals surface area contributed by atoms with Crippen LogP contribution in [0, 0.1) is 0 Å². The van der Waals surface area contributed by atoms with Crippen LogP contribution in [0.4, 0.5) is 0 Å². The number of hydrogen-bond donors (Lipinski definition) is 0. The molecule has 1 saturated heterocycles. The maximum atomic E-state index is 13.6. The number of nitrogens with zero attached hydrogens (tertiary/aromatic N) is 3. The molecule has 0 aliphatic carbocycles. The van der Waals surface area contributed by atoms with Gasteiger partial charge in [0, 0.05) is 45.3 Å². The maximum Gasteiger partial charge on any atom is 0.257 e. The minimum atomic E-state index is 0.0748. The van der Waals surface area contributed by atoms with E-state index in [-0.39, 0.29) is 11.8 Å². The monoisotopic (exact) mass is 447 g/mol. The van der Waals surface area contributed by atoms with Gasteiger partial charge in [-0.05, 0) is 44.5 Å². The van der Waals surface area contributed by atoms with E-state index >= 15 is 0 Å². The van der Waals surface area contributed by atoms with Gasteiger partial charge in [-0.1, -0.05) is 40.5 Å². The lowest BCUT2D eigenvalue weighted by atomic mass is 9.98. The van der Waals surface area contributed by atoms with Gasteiger partial charge in [-0.15, -0.1) is 0 Å². The van der Waals surface area contributed by atoms with Crippen LogP contribution in [-0.2, 0) is 0 Å². The Bertz CT molecular complexity index is 698. The topological polar surface area (TPSA) is 45.3 Å². The van der Waals surface area contributed by atoms with Crippen molar-refractivity contribution in [1.29, 1.82) is 0 Å². The normalized spacial score (nSPS) is 14.9. The molecule has 0 atom stereocenters. The summed E-state index contributed by atoms with van der Waals surface area (Å²) >= 11 is 0. The van der Waals surface area contributed by atoms with E-state index in [1.807, 2.05) is 17.0 Å². The van der Waals surface area contributed by atoms with Gasteiger partial charge in [0.2, 0.25) is 0 Å². The lowest BCUT2D eigenvalue weighted by Crippen LogP contribution is -2.50. The molecule has 1 aromatic rings. The first-order valence-electron chi connectivity index (χ1n) is 12.5. The number of amides is 1. The molecular weight excluding hydrogens is 402 g/mol. The summed E-state index contributed by atoms with van der Waals surface area (Å²) < 4.78 is 12.2. The van der Waals surface area contributed by atoms with Crippen molar-refractivity contribution in [3.63, 3.8) is 0 Å². The summed E-state index contributed by atoms with van der Waals surface area (Å²) in [4.78, 5) is 20.2. The van der Waals surface area contributed by atoms with Crippen molar-refractivity contribution in [1.82, 2.24) is 14.7 Å². The molecule has 0 spiro atoms. The molecule has 0 bridgehead atoms. The molecule has 32 heavy (non-hydrogen) atoms. The van der Waals surface area contributed by atoms with Gasteiger partial charge >= 0.3 is 0 Å². The summed E-state index contributed by atoms with van der Waals surface area (Å²) in [6.45, 7) is 15.3. The van der Waals surface area contributed by atoms with Gasteiger partial charge in [0.1, 0.15) is 11.5 Å². The third-order valence-electron chi connectivity index (χ3n) is 6.00. The summed E-state index contributed by atoms with van der Waals surface area (Å²) in [7, 11) is 4.20. The molecule has 6 heteroatoms. The Morgan fingerprint density at radius 3 is 2.09 bits per heavy atom. The van der Waals surface area contributed by atoms with Gasteiger partial charge in [-0.3, -0.25) is 9.69 Å². The third kappa shape index (κ3) is 7.96. The number of rotatable bonds is 13. The van der Waals surface area contributed by atoms with E-state index in [0.29, 0.717) is 24.5 Å². The zero-order valence-electron chi connectivity index (χ0n) is 21.3. The average Bonchev–Trinajstić information content (AvgIpc) is 2.78. The number of ether oxygens (including phenoxy) is 2. The summed E-state index contributed by atoms with van der Waals surface area (Å²) in [6, 6.07) is 3.98. The minimum Gasteiger partial charge on any atom is -0.493 e. The van der Waals surface area contributed by atoms with Crippen molar-refractivity contribution in [3.8, 4) is 11.5 Å². The van der Waals surface area contributed by atoms with Crippen molar-refractivity contribution >= 4 is 5.91 Å². The Morgan fingerprint density at radius 1 is 0.969 bits per heavy atom. The van der Waals surface area contributed by atoms with Crippen LogP contribution in [0.15, 0.2) is 12.1 Å². The van der Waals surface area contributed by atoms with Crippen LogP contribution in [0.1, 0.15) is 75.2 Å². The highest BCUT2D eigenvalue weighted by atomic mass is 16.5. The van der Waals surface area contributed by atoms with E-state index in [1.54, 1.807) is 0 Å². The second-order valence-electron chi connectivity index (χ2n) is 9.38. The summed E-state index contributed by atoms with van der Waals surface area (Å²) in [6.07, 6.45) is 4.13. The Labute approximate surface area is 195 Å². The summed E-state index contributed by atoms with van der Waals surface area (Å²) in [5, 5.41) is 0. The van der Waals surface area contributed by atoms with Gasteiger partial charge in [0.15, 0.2) is 0 Å². The molecule has 1 amide bonds. The highest BCUT2D eigenvalue weighted by Gasteiger charge is 2.26. The van der Waals surface area contributed by atoms with Crippen LogP contribution in [0.25, 0.3) is 0 Å². The van der Waals surface area contributed by atoms with Crippen LogP contribution in [0.2, 0.25) is 0 Å². The van der Waals surface area contributed by atoms with Gasteiger partial charge < -0.3 is 19.3 Å². The molecule has 1 heterocycles. The van der Waals surface area contributed by atoms with Crippen LogP contribution in [0.5, 0.6) is 11.5 Å². The summed E-state index contributed by atoms with van der Waals surface area (Å²) in [5.74, 6) is 1.86. The summed E-state index contributed by atoms with van der Waals surface area (Å²) in [5.41, 5.74) is 1.76. The second-order valence-corrected chi connectivity index (χ2v) is 9.38. The van der Waals surface area contributed by atoms with Gasteiger partial charge in [0.05, 0.1) is 18.8 Å². The number of likely N-dealkylation sites (N-methyl/N-ethyl adjacent to an activating group) is 1. The van der Waals surface area contributed by atoms with Gasteiger partial charge in [-0.25, -0.2) is 0 Å². The van der Waals surface area contributed by atoms with Crippen molar-refractivity contribution < 1.29 is 14.3 Å². The van der Waals surface area contributed by atoms with Gasteiger partial charge in [0.25, 0.3) is 5.91 Å². The highest BCUT2D eigenvalue weighted by molar-refractivity contribution is 5.97. The molecule has 2 rings (SSSR count). The number of unbranched alkanes of at least 4 members (excludes halogenated alkanes) is 2. The van der Waals surface area contributed by atoms with Crippen molar-refractivity contribution in [2.24, 2.45) is 0 Å². The standard InChI is InChI=1S/C26H45N3O3/c1-7-9-17-31-24-20-25(32-18-10-8-2)23(19-22(24)21(3)4)26(30)29-15-13-28(14-16-29)12-11-27(5)6/h19-21H,7-18H2,1-6H3. The van der Waals surface area contributed by atoms with Crippen LogP contribution < -0.4 is 9.47 Å². The van der Waals surface area contributed by atoms with Gasteiger partial charge in [-0.2, -0.15) is 0 Å². The Morgan fingerprint density at radius 2 is 1.56 bits per heavy atom. The Kier molecular flexibility index (Phi) is 11.3. The van der Waals surface area contributed by atoms with Crippen molar-refractivity contribution in [2.75, 3.05) is 66.6 Å². The predicted octanol–water partition coefficient (Wildman–Crippen LogP) is 4.49. The predicted molar refractivity (Wildman–Crippen MR) is 132 cm³/mol. The first kappa shape index (κ1) is 26.5. The quantitative estimate of drug-likeness (QED) is 0.417. The first-order valence-corrected chi connectivity index (χ1v) is 12.5. The van der Waals surface area contributed by atoms with E-state index in [0.717, 1.165) is 76.3 Å². The number of piperazine rings is 1. The largest absolute Gasteiger partial charge is 0.493 e. The number of carbonyl (C=O) groups is 1. The van der Waals surface area contributed by atoms with E-state index < -0.39 is 0 Å². The fraction of sp³-hybridized carbons (Fsp3) is 0.731. The molecule has 1 fully saturated rings. The van der Waals surface area contributed by atoms with E-state index in [1.165, 1.54) is 0 Å². The molecule has 0 N–H and O–H groups in total. The van der Waals surface area contributed by atoms with Crippen LogP contribution in [-0.4, -0.2) is 87.2 Å². The molecule has 182 valence electrons. The number of hydrogen-bond acceptors (Lipinski definition) is 5. The van der Waals surface area contributed by atoms with E-state index in [4.69, 9.17) is 9.47 Å². The zero-order valence-corrected chi connectivity index (χ0v) is 21.3. The van der Waals surface area contributed by atoms with E-state index in [2.05, 4.69) is 51.6 Å². The van der Waals surface area contributed by atoms with Crippen molar-refractivity contribution in [3.05, 3.63) is 23.3 Å². The third-order valence-corrected chi connectivity index (χ3v) is 6.00. The Hall–Kier alpha value is -1.79. The maximum absolute atomic E-state index is 13.6. The smallest absolute Gasteiger partial charge is 0.257 e. The van der Waals surface area contributed by atoms with Crippen LogP contribution in [0.3, 0.4) is 0 Å². The molecule has 1 aromatic carbocycles. The fourth-order valence-corrected chi connectivity index (χ4v) is 3.78. The average molecular weight is 448 g/mol. The Balaban J connectivity index is 2.21. The van der Waals surface area contributed by atoms with Crippen LogP contribution >= 0.6 is 0 Å². The molecule has 0 saturated carbocycles. The lowest BCUT2D eigenvalue weighted by molar-refractivity contribution is 0.0625. The van der Waals surface area contributed by atoms with E-state index in [9.17, 15) is 4.79 Å². The van der Waals surface area contributed by atoms with Crippen molar-refractivity contribution in [2.45, 2.75) is 59.3 Å². The zero-order chi connectivity index (χ0) is 23.5. The number of carbonyl (C=O) groups excluding carboxylic acids is 1. The molecule has 1 aliphatic heterocycles. The second kappa shape index (κ2) is 13.7. The molecular formula is C26H45N3O3. The lowest BCUT2D eigenvalue weighted by Gasteiger charge is -2.35. The minimum absolute atomic E-state index is 0.0748. The molecule has 0 unspecified atom stereocenters.